The van der Waals surface area contributed by atoms with Crippen LogP contribution in [-0.2, 0) is 50.1 Å². The van der Waals surface area contributed by atoms with Gasteiger partial charge in [0, 0.05) is 50.1 Å². The van der Waals surface area contributed by atoms with Gasteiger partial charge in [0.1, 0.15) is 0 Å². The Labute approximate surface area is 64.4 Å². The normalized spacial score (nSPS) is 0. The standard InChI is InChI=1S/CH4.CH3.Cr.Y/h1H4;1H3;;/q;-1;;. The molecule has 0 saturated carbocycles. The first-order chi connectivity index (χ1) is 0. The molecule has 0 aromatic rings. The van der Waals surface area contributed by atoms with Crippen LogP contribution in [0.15, 0.2) is 0 Å². The number of hydrogen-bond donors (Lipinski definition) is 0. The molecule has 0 aliphatic rings. The van der Waals surface area contributed by atoms with Crippen LogP contribution in [0.25, 0.3) is 0 Å². The molecular formula is C2H7CrY-. The number of hydrogen-bond acceptors (Lipinski definition) is 0. The fourth-order valence-corrected chi connectivity index (χ4v) is 0. The van der Waals surface area contributed by atoms with Crippen LogP contribution in [0.2, 0.25) is 0 Å². The summed E-state index contributed by atoms with van der Waals surface area (Å²) in [6.45, 7) is 0. The Morgan fingerprint density at radius 3 is 1.00 bits per heavy atom. The summed E-state index contributed by atoms with van der Waals surface area (Å²) in [7, 11) is 0. The smallest absolute Gasteiger partial charge is 0 e. The van der Waals surface area contributed by atoms with Gasteiger partial charge >= 0.3 is 0 Å². The molecule has 0 spiro atoms. The van der Waals surface area contributed by atoms with Crippen molar-refractivity contribution in [1.29, 1.82) is 0 Å². The van der Waals surface area contributed by atoms with Gasteiger partial charge in [-0.05, 0) is 0 Å². The Morgan fingerprint density at radius 2 is 1.00 bits per heavy atom. The first kappa shape index (κ1) is 45.2. The second-order valence-electron chi connectivity index (χ2n) is 0. The van der Waals surface area contributed by atoms with Crippen LogP contribution in [0.5, 0.6) is 0 Å². The first-order valence-electron chi connectivity index (χ1n) is 0. The van der Waals surface area contributed by atoms with E-state index in [1.165, 1.54) is 0 Å². The number of rotatable bonds is 0. The molecule has 1 radical (unpaired) electrons. The molecule has 0 rings (SSSR count). The summed E-state index contributed by atoms with van der Waals surface area (Å²) < 4.78 is 0. The van der Waals surface area contributed by atoms with Crippen molar-refractivity contribution in [2.24, 2.45) is 0 Å². The molecule has 0 nitrogen and oxygen atoms in total. The van der Waals surface area contributed by atoms with E-state index in [0.29, 0.717) is 0 Å². The van der Waals surface area contributed by atoms with Crippen molar-refractivity contribution < 1.29 is 50.1 Å². The van der Waals surface area contributed by atoms with E-state index in [0.717, 1.165) is 0 Å². The Morgan fingerprint density at radius 1 is 1.00 bits per heavy atom. The third-order valence-electron chi connectivity index (χ3n) is 0. The van der Waals surface area contributed by atoms with Gasteiger partial charge < -0.3 is 7.43 Å². The van der Waals surface area contributed by atoms with Crippen LogP contribution in [0.4, 0.5) is 0 Å². The molecule has 0 N–H and O–H groups in total. The zero-order valence-electron chi connectivity index (χ0n) is 1.99. The molecule has 0 aliphatic heterocycles. The molecule has 0 saturated heterocycles. The second kappa shape index (κ2) is 22.9. The average molecular weight is 172 g/mol. The zero-order valence-corrected chi connectivity index (χ0v) is 6.10. The molecule has 2 heteroatoms. The summed E-state index contributed by atoms with van der Waals surface area (Å²) in [5, 5.41) is 0. The SMILES string of the molecule is C.[CH3-].[Cr].[Y]. The minimum absolute atomic E-state index is 0. The Bertz CT molecular complexity index is 6.00. The van der Waals surface area contributed by atoms with Crippen LogP contribution in [0.1, 0.15) is 7.43 Å². The maximum atomic E-state index is 0. The Balaban J connectivity index is 0. The van der Waals surface area contributed by atoms with Crippen molar-refractivity contribution in [2.45, 2.75) is 7.43 Å². The summed E-state index contributed by atoms with van der Waals surface area (Å²) in [5.41, 5.74) is 0. The van der Waals surface area contributed by atoms with E-state index < -0.39 is 0 Å². The zero-order chi connectivity index (χ0) is 0. The summed E-state index contributed by atoms with van der Waals surface area (Å²) in [4.78, 5) is 0. The van der Waals surface area contributed by atoms with Crippen molar-refractivity contribution in [2.75, 3.05) is 0 Å². The van der Waals surface area contributed by atoms with Crippen LogP contribution in [0.3, 0.4) is 0 Å². The summed E-state index contributed by atoms with van der Waals surface area (Å²) in [6, 6.07) is 0. The van der Waals surface area contributed by atoms with Crippen LogP contribution in [0, 0.1) is 7.43 Å². The molecular weight excluding hydrogens is 165 g/mol. The molecule has 4 heavy (non-hydrogen) atoms. The van der Waals surface area contributed by atoms with Gasteiger partial charge in [0.05, 0.1) is 0 Å². The Hall–Kier alpha value is 1.64. The molecule has 0 unspecified atom stereocenters. The van der Waals surface area contributed by atoms with Crippen molar-refractivity contribution in [1.82, 2.24) is 0 Å². The summed E-state index contributed by atoms with van der Waals surface area (Å²) in [5.74, 6) is 0. The molecule has 0 fully saturated rings. The van der Waals surface area contributed by atoms with Crippen LogP contribution >= 0.6 is 0 Å². The third kappa shape index (κ3) is 9.44. The van der Waals surface area contributed by atoms with Gasteiger partial charge in [-0.1, -0.05) is 7.43 Å². The minimum Gasteiger partial charge on any atom is -0.358 e. The molecule has 0 aromatic carbocycles. The Kier molecular flexibility index (Phi) is 259. The molecule has 0 aromatic heterocycles. The van der Waals surface area contributed by atoms with Gasteiger partial charge in [0.25, 0.3) is 0 Å². The van der Waals surface area contributed by atoms with Crippen molar-refractivity contribution in [3.63, 3.8) is 0 Å². The molecule has 25 valence electrons. The summed E-state index contributed by atoms with van der Waals surface area (Å²) >= 11 is 0. The quantitative estimate of drug-likeness (QED) is 0.479. The van der Waals surface area contributed by atoms with Gasteiger partial charge in [0.2, 0.25) is 0 Å². The van der Waals surface area contributed by atoms with Crippen molar-refractivity contribution in [3.8, 4) is 0 Å². The average Bonchev–Trinajstić information content (AvgIpc) is 0. The topological polar surface area (TPSA) is 0 Å². The fourth-order valence-electron chi connectivity index (χ4n) is 0. The van der Waals surface area contributed by atoms with Crippen molar-refractivity contribution in [3.05, 3.63) is 7.43 Å². The molecule has 0 atom stereocenters. The van der Waals surface area contributed by atoms with E-state index in [1.54, 1.807) is 0 Å². The fraction of sp³-hybridized carbons (Fsp3) is 0.500. The van der Waals surface area contributed by atoms with Crippen molar-refractivity contribution >= 4 is 0 Å². The van der Waals surface area contributed by atoms with E-state index in [4.69, 9.17) is 0 Å². The first-order valence-corrected chi connectivity index (χ1v) is 0. The maximum absolute atomic E-state index is 0. The van der Waals surface area contributed by atoms with E-state index in [2.05, 4.69) is 0 Å². The van der Waals surface area contributed by atoms with Gasteiger partial charge in [-0.15, -0.1) is 0 Å². The molecule has 0 amide bonds. The largest absolute Gasteiger partial charge is 0.358 e. The van der Waals surface area contributed by atoms with Gasteiger partial charge in [-0.2, -0.15) is 0 Å². The van der Waals surface area contributed by atoms with Gasteiger partial charge in [-0.3, -0.25) is 0 Å². The van der Waals surface area contributed by atoms with Gasteiger partial charge in [0.15, 0.2) is 0 Å². The van der Waals surface area contributed by atoms with E-state index in [9.17, 15) is 0 Å². The maximum Gasteiger partial charge on any atom is 0 e. The predicted molar refractivity (Wildman–Crippen MR) is 13.1 cm³/mol. The van der Waals surface area contributed by atoms with E-state index in [-0.39, 0.29) is 64.9 Å². The van der Waals surface area contributed by atoms with Gasteiger partial charge in [-0.25, -0.2) is 0 Å². The van der Waals surface area contributed by atoms with E-state index in [1.807, 2.05) is 0 Å². The monoisotopic (exact) mass is 172 g/mol. The molecule has 0 heterocycles. The molecule has 0 bridgehead atoms. The third-order valence-corrected chi connectivity index (χ3v) is 0. The predicted octanol–water partition coefficient (Wildman–Crippen LogP) is 1.08. The second-order valence-corrected chi connectivity index (χ2v) is 0. The van der Waals surface area contributed by atoms with Crippen LogP contribution in [-0.4, -0.2) is 0 Å². The molecule has 0 aliphatic carbocycles. The van der Waals surface area contributed by atoms with E-state index >= 15 is 0 Å². The summed E-state index contributed by atoms with van der Waals surface area (Å²) in [6.07, 6.45) is 0. The minimum atomic E-state index is 0. The van der Waals surface area contributed by atoms with Crippen LogP contribution < -0.4 is 0 Å².